The third-order valence-electron chi connectivity index (χ3n) is 5.24. The predicted octanol–water partition coefficient (Wildman–Crippen LogP) is 3.87. The quantitative estimate of drug-likeness (QED) is 0.692. The summed E-state index contributed by atoms with van der Waals surface area (Å²) < 4.78 is 5.33. The maximum absolute atomic E-state index is 12.7. The number of likely N-dealkylation sites (tertiary alicyclic amines) is 1. The fourth-order valence-corrected chi connectivity index (χ4v) is 3.65. The molecule has 0 saturated carbocycles. The van der Waals surface area contributed by atoms with Gasteiger partial charge in [0.15, 0.2) is 0 Å². The number of carbonyl (C=O) groups is 1. The molecule has 5 heteroatoms. The Hall–Kier alpha value is -2.95. The Morgan fingerprint density at radius 1 is 1.04 bits per heavy atom. The molecule has 0 atom stereocenters. The molecule has 3 heterocycles. The van der Waals surface area contributed by atoms with E-state index in [1.165, 1.54) is 11.1 Å². The van der Waals surface area contributed by atoms with E-state index in [4.69, 9.17) is 4.52 Å². The van der Waals surface area contributed by atoms with Crippen LogP contribution in [0.2, 0.25) is 0 Å². The smallest absolute Gasteiger partial charge is 0.292 e. The van der Waals surface area contributed by atoms with Gasteiger partial charge in [-0.15, -0.1) is 0 Å². The lowest BCUT2D eigenvalue weighted by Gasteiger charge is -2.31. The van der Waals surface area contributed by atoms with Crippen molar-refractivity contribution in [3.63, 3.8) is 0 Å². The molecule has 1 amide bonds. The molecule has 0 radical (unpaired) electrons. The summed E-state index contributed by atoms with van der Waals surface area (Å²) >= 11 is 0. The van der Waals surface area contributed by atoms with Gasteiger partial charge in [0.05, 0.1) is 5.69 Å². The highest BCUT2D eigenvalue weighted by Gasteiger charge is 2.26. The van der Waals surface area contributed by atoms with Gasteiger partial charge in [0.25, 0.3) is 5.91 Å². The molecule has 2 aromatic heterocycles. The Kier molecular flexibility index (Phi) is 5.28. The lowest BCUT2D eigenvalue weighted by atomic mass is 9.90. The Balaban J connectivity index is 1.32. The standard InChI is InChI=1S/C22H23N3O2/c26-22(25-14-10-19(11-15-25)18-8-12-23-13-9-18)21-16-20(24-27-21)7-6-17-4-2-1-3-5-17/h1-5,8-9,12-13,16,19H,6-7,10-11,14-15H2. The van der Waals surface area contributed by atoms with Crippen LogP contribution < -0.4 is 0 Å². The van der Waals surface area contributed by atoms with Crippen LogP contribution in [-0.2, 0) is 12.8 Å². The third-order valence-corrected chi connectivity index (χ3v) is 5.24. The summed E-state index contributed by atoms with van der Waals surface area (Å²) in [4.78, 5) is 18.7. The minimum Gasteiger partial charge on any atom is -0.351 e. The molecule has 0 bridgehead atoms. The van der Waals surface area contributed by atoms with Gasteiger partial charge in [0, 0.05) is 31.5 Å². The number of aromatic nitrogens is 2. The number of amides is 1. The van der Waals surface area contributed by atoms with E-state index in [2.05, 4.69) is 34.4 Å². The topological polar surface area (TPSA) is 59.2 Å². The minimum absolute atomic E-state index is 0.0540. The minimum atomic E-state index is -0.0540. The molecule has 1 saturated heterocycles. The van der Waals surface area contributed by atoms with Crippen molar-refractivity contribution in [2.75, 3.05) is 13.1 Å². The number of benzene rings is 1. The number of hydrogen-bond donors (Lipinski definition) is 0. The third kappa shape index (κ3) is 4.25. The van der Waals surface area contributed by atoms with E-state index >= 15 is 0 Å². The largest absolute Gasteiger partial charge is 0.351 e. The molecular weight excluding hydrogens is 338 g/mol. The Bertz CT molecular complexity index is 869. The van der Waals surface area contributed by atoms with Crippen molar-refractivity contribution in [3.8, 4) is 0 Å². The first kappa shape index (κ1) is 17.5. The summed E-state index contributed by atoms with van der Waals surface area (Å²) in [6.45, 7) is 1.48. The Labute approximate surface area is 159 Å². The molecule has 0 spiro atoms. The molecule has 1 aliphatic rings. The molecule has 0 aliphatic carbocycles. The van der Waals surface area contributed by atoms with Gasteiger partial charge in [-0.1, -0.05) is 35.5 Å². The number of piperidine rings is 1. The molecule has 1 aliphatic heterocycles. The number of pyridine rings is 1. The Morgan fingerprint density at radius 3 is 2.52 bits per heavy atom. The molecule has 1 aromatic carbocycles. The van der Waals surface area contributed by atoms with Gasteiger partial charge in [0.2, 0.25) is 5.76 Å². The zero-order valence-corrected chi connectivity index (χ0v) is 15.3. The molecule has 27 heavy (non-hydrogen) atoms. The lowest BCUT2D eigenvalue weighted by Crippen LogP contribution is -2.37. The van der Waals surface area contributed by atoms with Crippen LogP contribution in [0.15, 0.2) is 65.4 Å². The maximum atomic E-state index is 12.7. The highest BCUT2D eigenvalue weighted by atomic mass is 16.5. The monoisotopic (exact) mass is 361 g/mol. The predicted molar refractivity (Wildman–Crippen MR) is 102 cm³/mol. The molecule has 0 N–H and O–H groups in total. The van der Waals surface area contributed by atoms with E-state index < -0.39 is 0 Å². The van der Waals surface area contributed by atoms with E-state index in [1.54, 1.807) is 6.07 Å². The molecule has 0 unspecified atom stereocenters. The van der Waals surface area contributed by atoms with Gasteiger partial charge in [-0.3, -0.25) is 9.78 Å². The zero-order valence-electron chi connectivity index (χ0n) is 15.3. The van der Waals surface area contributed by atoms with E-state index in [1.807, 2.05) is 35.5 Å². The normalized spacial score (nSPS) is 15.0. The van der Waals surface area contributed by atoms with Gasteiger partial charge >= 0.3 is 0 Å². The summed E-state index contributed by atoms with van der Waals surface area (Å²) in [5, 5.41) is 4.08. The summed E-state index contributed by atoms with van der Waals surface area (Å²) in [7, 11) is 0. The van der Waals surface area contributed by atoms with Crippen molar-refractivity contribution in [2.24, 2.45) is 0 Å². The molecule has 4 rings (SSSR count). The van der Waals surface area contributed by atoms with E-state index in [0.717, 1.165) is 44.5 Å². The van der Waals surface area contributed by atoms with Crippen LogP contribution in [-0.4, -0.2) is 34.0 Å². The highest BCUT2D eigenvalue weighted by molar-refractivity contribution is 5.91. The first-order chi connectivity index (χ1) is 13.3. The first-order valence-corrected chi connectivity index (χ1v) is 9.48. The summed E-state index contributed by atoms with van der Waals surface area (Å²) in [5.41, 5.74) is 3.39. The average Bonchev–Trinajstić information content (AvgIpc) is 3.22. The second-order valence-corrected chi connectivity index (χ2v) is 7.02. The highest BCUT2D eigenvalue weighted by Crippen LogP contribution is 2.28. The van der Waals surface area contributed by atoms with Crippen LogP contribution >= 0.6 is 0 Å². The fourth-order valence-electron chi connectivity index (χ4n) is 3.65. The lowest BCUT2D eigenvalue weighted by molar-refractivity contribution is 0.0671. The number of hydrogen-bond acceptors (Lipinski definition) is 4. The molecular formula is C22H23N3O2. The second-order valence-electron chi connectivity index (χ2n) is 7.02. The van der Waals surface area contributed by atoms with Gasteiger partial charge in [-0.2, -0.15) is 0 Å². The van der Waals surface area contributed by atoms with Crippen LogP contribution in [0.25, 0.3) is 0 Å². The van der Waals surface area contributed by atoms with Crippen molar-refractivity contribution < 1.29 is 9.32 Å². The maximum Gasteiger partial charge on any atom is 0.292 e. The summed E-state index contributed by atoms with van der Waals surface area (Å²) in [6, 6.07) is 16.2. The zero-order chi connectivity index (χ0) is 18.5. The van der Waals surface area contributed by atoms with Crippen LogP contribution in [0.5, 0.6) is 0 Å². The first-order valence-electron chi connectivity index (χ1n) is 9.48. The van der Waals surface area contributed by atoms with E-state index in [-0.39, 0.29) is 5.91 Å². The number of aryl methyl sites for hydroxylation is 2. The Morgan fingerprint density at radius 2 is 1.78 bits per heavy atom. The summed E-state index contributed by atoms with van der Waals surface area (Å²) in [5.74, 6) is 0.787. The van der Waals surface area contributed by atoms with Crippen molar-refractivity contribution in [2.45, 2.75) is 31.6 Å². The SMILES string of the molecule is O=C(c1cc(CCc2ccccc2)no1)N1CCC(c2ccncc2)CC1. The molecule has 138 valence electrons. The van der Waals surface area contributed by atoms with Gasteiger partial charge < -0.3 is 9.42 Å². The fraction of sp³-hybridized carbons (Fsp3) is 0.318. The molecule has 1 fully saturated rings. The van der Waals surface area contributed by atoms with Crippen molar-refractivity contribution in [1.29, 1.82) is 0 Å². The number of nitrogens with zero attached hydrogens (tertiary/aromatic N) is 3. The van der Waals surface area contributed by atoms with Crippen LogP contribution in [0, 0.1) is 0 Å². The average molecular weight is 361 g/mol. The number of rotatable bonds is 5. The van der Waals surface area contributed by atoms with Crippen molar-refractivity contribution in [3.05, 3.63) is 83.5 Å². The van der Waals surface area contributed by atoms with Crippen molar-refractivity contribution in [1.82, 2.24) is 15.0 Å². The van der Waals surface area contributed by atoms with Gasteiger partial charge in [0.1, 0.15) is 0 Å². The number of carbonyl (C=O) groups excluding carboxylic acids is 1. The van der Waals surface area contributed by atoms with Gasteiger partial charge in [-0.25, -0.2) is 0 Å². The van der Waals surface area contributed by atoms with Crippen molar-refractivity contribution >= 4 is 5.91 Å². The van der Waals surface area contributed by atoms with Gasteiger partial charge in [-0.05, 0) is 54.9 Å². The van der Waals surface area contributed by atoms with E-state index in [9.17, 15) is 4.79 Å². The van der Waals surface area contributed by atoms with Crippen LogP contribution in [0.4, 0.5) is 0 Å². The van der Waals surface area contributed by atoms with Crippen LogP contribution in [0.1, 0.15) is 46.1 Å². The van der Waals surface area contributed by atoms with Crippen LogP contribution in [0.3, 0.4) is 0 Å². The van der Waals surface area contributed by atoms with E-state index in [0.29, 0.717) is 11.7 Å². The summed E-state index contributed by atoms with van der Waals surface area (Å²) in [6.07, 6.45) is 7.25. The molecule has 3 aromatic rings. The second kappa shape index (κ2) is 8.16. The molecule has 5 nitrogen and oxygen atoms in total.